The SMILES string of the molecule is O=C(Nc1ccc(N2CCN(C(=O)c3onc4ccccc34)CC2)nc1)c1oc(-c2ccccc2)nc1C(F)(F)F. The van der Waals surface area contributed by atoms with Crippen molar-refractivity contribution in [3.8, 4) is 11.5 Å². The maximum Gasteiger partial charge on any atom is 0.437 e. The van der Waals surface area contributed by atoms with Crippen molar-refractivity contribution >= 4 is 34.2 Å². The van der Waals surface area contributed by atoms with Crippen molar-refractivity contribution in [2.45, 2.75) is 6.18 Å². The van der Waals surface area contributed by atoms with E-state index < -0.39 is 23.5 Å². The number of oxazole rings is 1. The summed E-state index contributed by atoms with van der Waals surface area (Å²) in [5, 5.41) is 6.99. The Balaban J connectivity index is 1.11. The third kappa shape index (κ3) is 5.21. The second kappa shape index (κ2) is 10.4. The van der Waals surface area contributed by atoms with Gasteiger partial charge in [-0.1, -0.05) is 35.5 Å². The van der Waals surface area contributed by atoms with Crippen LogP contribution in [0.3, 0.4) is 0 Å². The number of halogens is 3. The topological polar surface area (TPSA) is 118 Å². The normalized spacial score (nSPS) is 13.9. The van der Waals surface area contributed by atoms with Crippen LogP contribution < -0.4 is 10.2 Å². The number of pyridine rings is 1. The summed E-state index contributed by atoms with van der Waals surface area (Å²) >= 11 is 0. The first-order valence-corrected chi connectivity index (χ1v) is 12.6. The zero-order chi connectivity index (χ0) is 28.6. The number of rotatable bonds is 5. The molecule has 1 aliphatic heterocycles. The molecule has 0 atom stereocenters. The predicted octanol–water partition coefficient (Wildman–Crippen LogP) is 5.11. The van der Waals surface area contributed by atoms with Crippen LogP contribution in [0, 0.1) is 0 Å². The summed E-state index contributed by atoms with van der Waals surface area (Å²) in [6.45, 7) is 1.82. The molecular formula is C28H21F3N6O4. The molecule has 6 rings (SSSR count). The minimum atomic E-state index is -4.89. The Kier molecular flexibility index (Phi) is 6.61. The fourth-order valence-corrected chi connectivity index (χ4v) is 4.53. The van der Waals surface area contributed by atoms with Crippen LogP contribution in [0.2, 0.25) is 0 Å². The minimum Gasteiger partial charge on any atom is -0.430 e. The van der Waals surface area contributed by atoms with Gasteiger partial charge in [-0.25, -0.2) is 9.97 Å². The van der Waals surface area contributed by atoms with Crippen LogP contribution in [0.5, 0.6) is 0 Å². The first kappa shape index (κ1) is 26.0. The number of amides is 2. The smallest absolute Gasteiger partial charge is 0.430 e. The summed E-state index contributed by atoms with van der Waals surface area (Å²) in [6.07, 6.45) is -3.55. The Bertz CT molecular complexity index is 1710. The predicted molar refractivity (Wildman–Crippen MR) is 141 cm³/mol. The Morgan fingerprint density at radius 1 is 0.878 bits per heavy atom. The molecule has 1 N–H and O–H groups in total. The maximum absolute atomic E-state index is 13.6. The highest BCUT2D eigenvalue weighted by atomic mass is 19.4. The average molecular weight is 563 g/mol. The average Bonchev–Trinajstić information content (AvgIpc) is 3.64. The first-order valence-electron chi connectivity index (χ1n) is 12.6. The number of benzene rings is 2. The Morgan fingerprint density at radius 3 is 2.32 bits per heavy atom. The Hall–Kier alpha value is -5.20. The molecule has 0 unspecified atom stereocenters. The van der Waals surface area contributed by atoms with Crippen molar-refractivity contribution in [1.82, 2.24) is 20.0 Å². The molecule has 0 bridgehead atoms. The molecular weight excluding hydrogens is 541 g/mol. The van der Waals surface area contributed by atoms with E-state index in [2.05, 4.69) is 20.4 Å². The van der Waals surface area contributed by atoms with Crippen LogP contribution >= 0.6 is 0 Å². The maximum atomic E-state index is 13.6. The van der Waals surface area contributed by atoms with Gasteiger partial charge >= 0.3 is 6.18 Å². The molecule has 13 heteroatoms. The fraction of sp³-hybridized carbons (Fsp3) is 0.179. The molecule has 1 saturated heterocycles. The third-order valence-corrected chi connectivity index (χ3v) is 6.60. The van der Waals surface area contributed by atoms with Gasteiger partial charge in [0, 0.05) is 31.7 Å². The number of piperazine rings is 1. The summed E-state index contributed by atoms with van der Waals surface area (Å²) in [7, 11) is 0. The lowest BCUT2D eigenvalue weighted by Gasteiger charge is -2.35. The number of fused-ring (bicyclic) bond motifs is 1. The van der Waals surface area contributed by atoms with Gasteiger partial charge in [0.15, 0.2) is 5.69 Å². The van der Waals surface area contributed by atoms with E-state index >= 15 is 0 Å². The Labute approximate surface area is 230 Å². The minimum absolute atomic E-state index is 0.176. The van der Waals surface area contributed by atoms with Gasteiger partial charge in [-0.05, 0) is 36.4 Å². The summed E-state index contributed by atoms with van der Waals surface area (Å²) in [6, 6.07) is 18.4. The van der Waals surface area contributed by atoms with Crippen LogP contribution in [0.15, 0.2) is 81.9 Å². The molecule has 0 saturated carbocycles. The van der Waals surface area contributed by atoms with Crippen LogP contribution in [0.25, 0.3) is 22.4 Å². The fourth-order valence-electron chi connectivity index (χ4n) is 4.53. The van der Waals surface area contributed by atoms with Crippen molar-refractivity contribution in [3.63, 3.8) is 0 Å². The molecule has 208 valence electrons. The van der Waals surface area contributed by atoms with Gasteiger partial charge in [0.25, 0.3) is 11.8 Å². The van der Waals surface area contributed by atoms with Crippen LogP contribution in [-0.2, 0) is 6.18 Å². The number of anilines is 2. The molecule has 1 aliphatic rings. The van der Waals surface area contributed by atoms with E-state index in [1.165, 1.54) is 24.4 Å². The van der Waals surface area contributed by atoms with Crippen LogP contribution in [0.1, 0.15) is 26.8 Å². The highest BCUT2D eigenvalue weighted by molar-refractivity contribution is 6.04. The summed E-state index contributed by atoms with van der Waals surface area (Å²) < 4.78 is 51.4. The number of carbonyl (C=O) groups is 2. The van der Waals surface area contributed by atoms with E-state index in [4.69, 9.17) is 8.94 Å². The number of alkyl halides is 3. The largest absolute Gasteiger partial charge is 0.437 e. The lowest BCUT2D eigenvalue weighted by molar-refractivity contribution is -0.141. The van der Waals surface area contributed by atoms with Gasteiger partial charge in [0.2, 0.25) is 17.4 Å². The zero-order valence-electron chi connectivity index (χ0n) is 21.3. The van der Waals surface area contributed by atoms with E-state index in [0.717, 1.165) is 0 Å². The summed E-state index contributed by atoms with van der Waals surface area (Å²) in [5.74, 6) is -1.82. The van der Waals surface area contributed by atoms with Crippen molar-refractivity contribution in [3.05, 3.63) is 90.1 Å². The van der Waals surface area contributed by atoms with Crippen LogP contribution in [-0.4, -0.2) is 58.0 Å². The van der Waals surface area contributed by atoms with E-state index in [0.29, 0.717) is 48.5 Å². The van der Waals surface area contributed by atoms with Gasteiger partial charge in [0.1, 0.15) is 11.3 Å². The van der Waals surface area contributed by atoms with E-state index in [-0.39, 0.29) is 23.2 Å². The molecule has 0 spiro atoms. The molecule has 0 radical (unpaired) electrons. The van der Waals surface area contributed by atoms with E-state index in [9.17, 15) is 22.8 Å². The number of hydrogen-bond donors (Lipinski definition) is 1. The number of nitrogens with zero attached hydrogens (tertiary/aromatic N) is 5. The molecule has 1 fully saturated rings. The van der Waals surface area contributed by atoms with Gasteiger partial charge in [0.05, 0.1) is 17.3 Å². The zero-order valence-corrected chi connectivity index (χ0v) is 21.3. The van der Waals surface area contributed by atoms with Gasteiger partial charge in [-0.2, -0.15) is 13.2 Å². The number of carbonyl (C=O) groups excluding carboxylic acids is 2. The third-order valence-electron chi connectivity index (χ3n) is 6.60. The second-order valence-corrected chi connectivity index (χ2v) is 9.23. The number of hydrogen-bond acceptors (Lipinski definition) is 8. The molecule has 3 aromatic heterocycles. The van der Waals surface area contributed by atoms with Crippen molar-refractivity contribution < 1.29 is 31.7 Å². The van der Waals surface area contributed by atoms with E-state index in [1.54, 1.807) is 41.3 Å². The molecule has 0 aliphatic carbocycles. The molecule has 4 heterocycles. The molecule has 41 heavy (non-hydrogen) atoms. The van der Waals surface area contributed by atoms with Crippen molar-refractivity contribution in [2.24, 2.45) is 0 Å². The molecule has 10 nitrogen and oxygen atoms in total. The number of nitrogens with one attached hydrogen (secondary N) is 1. The van der Waals surface area contributed by atoms with Crippen molar-refractivity contribution in [2.75, 3.05) is 36.4 Å². The quantitative estimate of drug-likeness (QED) is 0.314. The van der Waals surface area contributed by atoms with Gasteiger partial charge in [-0.3, -0.25) is 9.59 Å². The first-order chi connectivity index (χ1) is 19.8. The summed E-state index contributed by atoms with van der Waals surface area (Å²) in [4.78, 5) is 37.3. The standard InChI is InChI=1S/C28H21F3N6O4/c29-28(30,31)24-23(40-26(34-24)17-6-2-1-3-7-17)25(38)33-18-10-11-21(32-16-18)36-12-14-37(15-13-36)27(39)22-19-8-4-5-9-20(19)35-41-22/h1-11,16H,12-15H2,(H,33,38). The molecule has 5 aromatic rings. The number of aromatic nitrogens is 3. The highest BCUT2D eigenvalue weighted by Gasteiger charge is 2.41. The van der Waals surface area contributed by atoms with Crippen molar-refractivity contribution in [1.29, 1.82) is 0 Å². The molecule has 2 amide bonds. The molecule has 2 aromatic carbocycles. The van der Waals surface area contributed by atoms with Gasteiger partial charge < -0.3 is 24.1 Å². The monoisotopic (exact) mass is 562 g/mol. The van der Waals surface area contributed by atoms with E-state index in [1.807, 2.05) is 17.0 Å². The Morgan fingerprint density at radius 2 is 1.61 bits per heavy atom. The lowest BCUT2D eigenvalue weighted by atomic mass is 10.2. The second-order valence-electron chi connectivity index (χ2n) is 9.23. The highest BCUT2D eigenvalue weighted by Crippen LogP contribution is 2.35. The summed E-state index contributed by atoms with van der Waals surface area (Å²) in [5.41, 5.74) is -0.320. The van der Waals surface area contributed by atoms with Gasteiger partial charge in [-0.15, -0.1) is 0 Å². The van der Waals surface area contributed by atoms with Crippen LogP contribution in [0.4, 0.5) is 24.7 Å². The lowest BCUT2D eigenvalue weighted by Crippen LogP contribution is -2.49.